The van der Waals surface area contributed by atoms with Gasteiger partial charge in [0.25, 0.3) is 0 Å². The lowest BCUT2D eigenvalue weighted by atomic mass is 10.0. The fraction of sp³-hybridized carbons (Fsp3) is 0.0909. The van der Waals surface area contributed by atoms with Crippen LogP contribution in [0.25, 0.3) is 10.8 Å². The minimum absolute atomic E-state index is 0.206. The minimum atomic E-state index is -0.206. The zero-order chi connectivity index (χ0) is 9.42. The van der Waals surface area contributed by atoms with E-state index >= 15 is 0 Å². The lowest BCUT2D eigenvalue weighted by Gasteiger charge is -2.05. The molecule has 0 aliphatic heterocycles. The highest BCUT2D eigenvalue weighted by atomic mass is 19.1. The van der Waals surface area contributed by atoms with Crippen LogP contribution in [-0.2, 0) is 0 Å². The van der Waals surface area contributed by atoms with Crippen molar-refractivity contribution in [2.45, 2.75) is 6.92 Å². The van der Waals surface area contributed by atoms with Crippen molar-refractivity contribution in [1.82, 2.24) is 0 Å². The molecule has 0 bridgehead atoms. The molecule has 0 aliphatic rings. The maximum atomic E-state index is 13.4. The Morgan fingerprint density at radius 1 is 1.15 bits per heavy atom. The first kappa shape index (κ1) is 8.05. The molecule has 2 heteroatoms. The first-order valence-corrected chi connectivity index (χ1v) is 4.13. The van der Waals surface area contributed by atoms with E-state index in [0.29, 0.717) is 11.1 Å². The molecular formula is C11H10FN. The topological polar surface area (TPSA) is 26.0 Å². The molecule has 0 fully saturated rings. The number of benzene rings is 2. The third-order valence-electron chi connectivity index (χ3n) is 2.24. The van der Waals surface area contributed by atoms with Gasteiger partial charge in [0, 0.05) is 16.5 Å². The molecule has 0 saturated carbocycles. The van der Waals surface area contributed by atoms with Gasteiger partial charge < -0.3 is 5.73 Å². The quantitative estimate of drug-likeness (QED) is 0.612. The third-order valence-corrected chi connectivity index (χ3v) is 2.24. The maximum absolute atomic E-state index is 13.4. The van der Waals surface area contributed by atoms with Gasteiger partial charge in [0.15, 0.2) is 0 Å². The number of rotatable bonds is 0. The Morgan fingerprint density at radius 2 is 1.77 bits per heavy atom. The average molecular weight is 175 g/mol. The van der Waals surface area contributed by atoms with Gasteiger partial charge >= 0.3 is 0 Å². The molecule has 2 rings (SSSR count). The molecule has 2 N–H and O–H groups in total. The van der Waals surface area contributed by atoms with Gasteiger partial charge in [-0.05, 0) is 18.6 Å². The van der Waals surface area contributed by atoms with Crippen LogP contribution < -0.4 is 5.73 Å². The second kappa shape index (κ2) is 2.73. The van der Waals surface area contributed by atoms with Gasteiger partial charge in [0.2, 0.25) is 0 Å². The molecule has 0 spiro atoms. The van der Waals surface area contributed by atoms with Crippen molar-refractivity contribution >= 4 is 16.5 Å². The molecule has 0 radical (unpaired) electrons. The van der Waals surface area contributed by atoms with Crippen LogP contribution in [0.3, 0.4) is 0 Å². The molecular weight excluding hydrogens is 165 g/mol. The van der Waals surface area contributed by atoms with Crippen LogP contribution in [0.2, 0.25) is 0 Å². The molecule has 0 atom stereocenters. The molecule has 1 nitrogen and oxygen atoms in total. The maximum Gasteiger partial charge on any atom is 0.131 e. The number of hydrogen-bond donors (Lipinski definition) is 1. The SMILES string of the molecule is Cc1cc(F)c2ccccc2c1N. The fourth-order valence-electron chi connectivity index (χ4n) is 1.48. The molecule has 0 aliphatic carbocycles. The molecule has 2 aromatic rings. The van der Waals surface area contributed by atoms with Crippen molar-refractivity contribution in [3.05, 3.63) is 41.7 Å². The van der Waals surface area contributed by atoms with Gasteiger partial charge in [-0.15, -0.1) is 0 Å². The third kappa shape index (κ3) is 1.15. The van der Waals surface area contributed by atoms with E-state index in [9.17, 15) is 4.39 Å². The Morgan fingerprint density at radius 3 is 2.46 bits per heavy atom. The van der Waals surface area contributed by atoms with E-state index in [1.54, 1.807) is 12.1 Å². The highest BCUT2D eigenvalue weighted by Gasteiger charge is 2.05. The number of nitrogen functional groups attached to an aromatic ring is 1. The minimum Gasteiger partial charge on any atom is -0.398 e. The number of halogens is 1. The predicted molar refractivity (Wildman–Crippen MR) is 53.1 cm³/mol. The lowest BCUT2D eigenvalue weighted by Crippen LogP contribution is -1.93. The summed E-state index contributed by atoms with van der Waals surface area (Å²) in [5, 5.41) is 1.38. The zero-order valence-electron chi connectivity index (χ0n) is 7.34. The summed E-state index contributed by atoms with van der Waals surface area (Å²) >= 11 is 0. The summed E-state index contributed by atoms with van der Waals surface area (Å²) in [5.41, 5.74) is 7.27. The van der Waals surface area contributed by atoms with Gasteiger partial charge in [-0.25, -0.2) is 4.39 Å². The van der Waals surface area contributed by atoms with Crippen LogP contribution in [0.15, 0.2) is 30.3 Å². The molecule has 0 saturated heterocycles. The van der Waals surface area contributed by atoms with Crippen molar-refractivity contribution in [2.75, 3.05) is 5.73 Å². The summed E-state index contributed by atoms with van der Waals surface area (Å²) in [5.74, 6) is -0.206. The first-order valence-electron chi connectivity index (χ1n) is 4.13. The van der Waals surface area contributed by atoms with Gasteiger partial charge in [0.05, 0.1) is 0 Å². The van der Waals surface area contributed by atoms with Crippen molar-refractivity contribution in [3.63, 3.8) is 0 Å². The second-order valence-corrected chi connectivity index (χ2v) is 3.13. The Balaban J connectivity index is 2.97. The van der Waals surface area contributed by atoms with Gasteiger partial charge in [0.1, 0.15) is 5.82 Å². The standard InChI is InChI=1S/C11H10FN/c1-7-6-10(12)8-4-2-3-5-9(8)11(7)13/h2-6H,13H2,1H3. The van der Waals surface area contributed by atoms with Crippen LogP contribution in [0.5, 0.6) is 0 Å². The molecule has 13 heavy (non-hydrogen) atoms. The zero-order valence-corrected chi connectivity index (χ0v) is 7.34. The van der Waals surface area contributed by atoms with Crippen LogP contribution in [-0.4, -0.2) is 0 Å². The number of aryl methyl sites for hydroxylation is 1. The van der Waals surface area contributed by atoms with E-state index in [1.807, 2.05) is 19.1 Å². The summed E-state index contributed by atoms with van der Waals surface area (Å²) in [6, 6.07) is 8.70. The molecule has 2 aromatic carbocycles. The number of nitrogens with two attached hydrogens (primary N) is 1. The Kier molecular flexibility index (Phi) is 1.69. The Labute approximate surface area is 76.0 Å². The smallest absolute Gasteiger partial charge is 0.131 e. The van der Waals surface area contributed by atoms with E-state index in [4.69, 9.17) is 5.73 Å². The molecule has 0 amide bonds. The van der Waals surface area contributed by atoms with Gasteiger partial charge in [-0.3, -0.25) is 0 Å². The van der Waals surface area contributed by atoms with Crippen molar-refractivity contribution in [1.29, 1.82) is 0 Å². The van der Waals surface area contributed by atoms with Crippen molar-refractivity contribution < 1.29 is 4.39 Å². The summed E-state index contributed by atoms with van der Waals surface area (Å²) in [4.78, 5) is 0. The summed E-state index contributed by atoms with van der Waals surface area (Å²) in [6.45, 7) is 1.81. The van der Waals surface area contributed by atoms with E-state index in [1.165, 1.54) is 6.07 Å². The van der Waals surface area contributed by atoms with Crippen LogP contribution >= 0.6 is 0 Å². The Bertz CT molecular complexity index is 463. The number of hydrogen-bond acceptors (Lipinski definition) is 1. The summed E-state index contributed by atoms with van der Waals surface area (Å²) in [6.07, 6.45) is 0. The van der Waals surface area contributed by atoms with Crippen molar-refractivity contribution in [2.24, 2.45) is 0 Å². The van der Waals surface area contributed by atoms with Crippen LogP contribution in [0.4, 0.5) is 10.1 Å². The monoisotopic (exact) mass is 175 g/mol. The van der Waals surface area contributed by atoms with E-state index in [0.717, 1.165) is 10.9 Å². The second-order valence-electron chi connectivity index (χ2n) is 3.13. The first-order chi connectivity index (χ1) is 6.20. The van der Waals surface area contributed by atoms with Crippen LogP contribution in [0, 0.1) is 12.7 Å². The normalized spacial score (nSPS) is 10.6. The average Bonchev–Trinajstić information content (AvgIpc) is 2.15. The molecule has 0 heterocycles. The molecule has 0 aromatic heterocycles. The Hall–Kier alpha value is -1.57. The van der Waals surface area contributed by atoms with Gasteiger partial charge in [-0.1, -0.05) is 24.3 Å². The fourth-order valence-corrected chi connectivity index (χ4v) is 1.48. The highest BCUT2D eigenvalue weighted by molar-refractivity contribution is 5.94. The van der Waals surface area contributed by atoms with E-state index in [2.05, 4.69) is 0 Å². The predicted octanol–water partition coefficient (Wildman–Crippen LogP) is 2.87. The summed E-state index contributed by atoms with van der Waals surface area (Å²) < 4.78 is 13.4. The number of anilines is 1. The van der Waals surface area contributed by atoms with Gasteiger partial charge in [-0.2, -0.15) is 0 Å². The van der Waals surface area contributed by atoms with E-state index in [-0.39, 0.29) is 5.82 Å². The van der Waals surface area contributed by atoms with E-state index < -0.39 is 0 Å². The van der Waals surface area contributed by atoms with Crippen LogP contribution in [0.1, 0.15) is 5.56 Å². The highest BCUT2D eigenvalue weighted by Crippen LogP contribution is 2.26. The lowest BCUT2D eigenvalue weighted by molar-refractivity contribution is 0.639. The van der Waals surface area contributed by atoms with Crippen molar-refractivity contribution in [3.8, 4) is 0 Å². The molecule has 0 unspecified atom stereocenters. The largest absolute Gasteiger partial charge is 0.398 e. The summed E-state index contributed by atoms with van der Waals surface area (Å²) in [7, 11) is 0. The number of fused-ring (bicyclic) bond motifs is 1. The molecule has 66 valence electrons.